The molecule has 2 aromatic rings. The molecule has 15 heavy (non-hydrogen) atoms. The number of rotatable bonds is 2. The Morgan fingerprint density at radius 3 is 2.87 bits per heavy atom. The minimum atomic E-state index is -0.461. The van der Waals surface area contributed by atoms with Crippen molar-refractivity contribution in [1.29, 1.82) is 0 Å². The Morgan fingerprint density at radius 1 is 1.40 bits per heavy atom. The van der Waals surface area contributed by atoms with Crippen LogP contribution in [0.25, 0.3) is 11.0 Å². The normalized spacial score (nSPS) is 10.5. The van der Waals surface area contributed by atoms with Gasteiger partial charge in [0, 0.05) is 11.5 Å². The standard InChI is InChI=1S/C11H10O4/c1-14-8-2-3-10-9(5-8)7(6-12)4-11(13)15-10/h2-5,12H,6H2,1H3. The predicted molar refractivity (Wildman–Crippen MR) is 55.0 cm³/mol. The molecule has 4 nitrogen and oxygen atoms in total. The number of ether oxygens (including phenoxy) is 1. The van der Waals surface area contributed by atoms with Gasteiger partial charge in [-0.3, -0.25) is 0 Å². The zero-order chi connectivity index (χ0) is 10.8. The van der Waals surface area contributed by atoms with Gasteiger partial charge in [0.2, 0.25) is 0 Å². The summed E-state index contributed by atoms with van der Waals surface area (Å²) >= 11 is 0. The molecule has 0 saturated heterocycles. The van der Waals surface area contributed by atoms with Gasteiger partial charge in [-0.25, -0.2) is 4.79 Å². The number of hydrogen-bond donors (Lipinski definition) is 1. The summed E-state index contributed by atoms with van der Waals surface area (Å²) in [5.41, 5.74) is 0.532. The van der Waals surface area contributed by atoms with Crippen molar-refractivity contribution in [1.82, 2.24) is 0 Å². The molecule has 2 rings (SSSR count). The number of aliphatic hydroxyl groups excluding tert-OH is 1. The molecule has 0 atom stereocenters. The van der Waals surface area contributed by atoms with Crippen molar-refractivity contribution in [3.8, 4) is 5.75 Å². The molecule has 0 fully saturated rings. The van der Waals surface area contributed by atoms with Gasteiger partial charge in [0.1, 0.15) is 11.3 Å². The minimum Gasteiger partial charge on any atom is -0.497 e. The van der Waals surface area contributed by atoms with E-state index in [4.69, 9.17) is 14.3 Å². The quantitative estimate of drug-likeness (QED) is 0.752. The Morgan fingerprint density at radius 2 is 2.20 bits per heavy atom. The third-order valence-corrected chi connectivity index (χ3v) is 2.21. The summed E-state index contributed by atoms with van der Waals surface area (Å²) in [4.78, 5) is 11.1. The van der Waals surface area contributed by atoms with Crippen molar-refractivity contribution in [2.45, 2.75) is 6.61 Å². The Hall–Kier alpha value is -1.81. The summed E-state index contributed by atoms with van der Waals surface area (Å²) in [6, 6.07) is 6.35. The first-order valence-corrected chi connectivity index (χ1v) is 4.46. The first-order valence-electron chi connectivity index (χ1n) is 4.46. The van der Waals surface area contributed by atoms with E-state index in [2.05, 4.69) is 0 Å². The smallest absolute Gasteiger partial charge is 0.336 e. The van der Waals surface area contributed by atoms with Crippen LogP contribution in [0.4, 0.5) is 0 Å². The number of fused-ring (bicyclic) bond motifs is 1. The lowest BCUT2D eigenvalue weighted by Gasteiger charge is -2.04. The molecule has 0 saturated carbocycles. The average Bonchev–Trinajstić information content (AvgIpc) is 2.27. The molecule has 78 valence electrons. The van der Waals surface area contributed by atoms with Gasteiger partial charge in [-0.2, -0.15) is 0 Å². The third-order valence-electron chi connectivity index (χ3n) is 2.21. The zero-order valence-electron chi connectivity index (χ0n) is 8.19. The van der Waals surface area contributed by atoms with Gasteiger partial charge in [-0.1, -0.05) is 0 Å². The Labute approximate surface area is 85.7 Å². The Kier molecular flexibility index (Phi) is 2.43. The fraction of sp³-hybridized carbons (Fsp3) is 0.182. The van der Waals surface area contributed by atoms with E-state index in [-0.39, 0.29) is 6.61 Å². The second-order valence-electron chi connectivity index (χ2n) is 3.11. The molecule has 0 spiro atoms. The lowest BCUT2D eigenvalue weighted by Crippen LogP contribution is -2.00. The summed E-state index contributed by atoms with van der Waals surface area (Å²) in [6.45, 7) is -0.199. The van der Waals surface area contributed by atoms with Crippen molar-refractivity contribution in [3.63, 3.8) is 0 Å². The highest BCUT2D eigenvalue weighted by atomic mass is 16.5. The zero-order valence-corrected chi connectivity index (χ0v) is 8.19. The lowest BCUT2D eigenvalue weighted by atomic mass is 10.1. The number of aliphatic hydroxyl groups is 1. The summed E-state index contributed by atoms with van der Waals surface area (Å²) in [6.07, 6.45) is 0. The molecular weight excluding hydrogens is 196 g/mol. The van der Waals surface area contributed by atoms with Crippen LogP contribution >= 0.6 is 0 Å². The molecule has 1 heterocycles. The van der Waals surface area contributed by atoms with Crippen LogP contribution in [0.2, 0.25) is 0 Å². The van der Waals surface area contributed by atoms with E-state index in [1.807, 2.05) is 0 Å². The molecule has 0 aliphatic heterocycles. The van der Waals surface area contributed by atoms with Gasteiger partial charge >= 0.3 is 5.63 Å². The van der Waals surface area contributed by atoms with Gasteiger partial charge in [0.15, 0.2) is 0 Å². The molecule has 1 aromatic heterocycles. The molecule has 0 radical (unpaired) electrons. The highest BCUT2D eigenvalue weighted by Gasteiger charge is 2.05. The van der Waals surface area contributed by atoms with Crippen LogP contribution in [0.5, 0.6) is 5.75 Å². The molecule has 1 N–H and O–H groups in total. The van der Waals surface area contributed by atoms with Crippen molar-refractivity contribution in [2.75, 3.05) is 7.11 Å². The van der Waals surface area contributed by atoms with Crippen molar-refractivity contribution in [3.05, 3.63) is 40.2 Å². The van der Waals surface area contributed by atoms with E-state index in [0.29, 0.717) is 22.3 Å². The summed E-state index contributed by atoms with van der Waals surface area (Å²) in [5, 5.41) is 9.79. The van der Waals surface area contributed by atoms with Crippen LogP contribution in [0.3, 0.4) is 0 Å². The predicted octanol–water partition coefficient (Wildman–Crippen LogP) is 1.29. The van der Waals surface area contributed by atoms with E-state index < -0.39 is 5.63 Å². The third kappa shape index (κ3) is 1.71. The number of methoxy groups -OCH3 is 1. The lowest BCUT2D eigenvalue weighted by molar-refractivity contribution is 0.282. The second-order valence-corrected chi connectivity index (χ2v) is 3.11. The number of benzene rings is 1. The van der Waals surface area contributed by atoms with Crippen LogP contribution in [-0.2, 0) is 6.61 Å². The van der Waals surface area contributed by atoms with Crippen LogP contribution in [0.15, 0.2) is 33.5 Å². The van der Waals surface area contributed by atoms with Crippen LogP contribution in [0, 0.1) is 0 Å². The van der Waals surface area contributed by atoms with Crippen LogP contribution in [0.1, 0.15) is 5.56 Å². The van der Waals surface area contributed by atoms with Gasteiger partial charge in [0.05, 0.1) is 13.7 Å². The van der Waals surface area contributed by atoms with Crippen molar-refractivity contribution >= 4 is 11.0 Å². The molecule has 0 bridgehead atoms. The molecule has 4 heteroatoms. The summed E-state index contributed by atoms with van der Waals surface area (Å²) in [5.74, 6) is 0.658. The Balaban J connectivity index is 2.79. The molecular formula is C11H10O4. The Bertz CT molecular complexity index is 542. The van der Waals surface area contributed by atoms with Gasteiger partial charge in [0.25, 0.3) is 0 Å². The first kappa shape index (κ1) is 9.73. The SMILES string of the molecule is COc1ccc2oc(=O)cc(CO)c2c1. The maximum absolute atomic E-state index is 11.1. The maximum Gasteiger partial charge on any atom is 0.336 e. The molecule has 0 unspecified atom stereocenters. The van der Waals surface area contributed by atoms with E-state index in [0.717, 1.165) is 0 Å². The van der Waals surface area contributed by atoms with E-state index >= 15 is 0 Å². The largest absolute Gasteiger partial charge is 0.497 e. The highest BCUT2D eigenvalue weighted by Crippen LogP contribution is 2.22. The number of hydrogen-bond acceptors (Lipinski definition) is 4. The highest BCUT2D eigenvalue weighted by molar-refractivity contribution is 5.81. The van der Waals surface area contributed by atoms with Gasteiger partial charge in [-0.15, -0.1) is 0 Å². The van der Waals surface area contributed by atoms with Crippen LogP contribution in [-0.4, -0.2) is 12.2 Å². The van der Waals surface area contributed by atoms with Gasteiger partial charge in [-0.05, 0) is 23.8 Å². The second kappa shape index (κ2) is 3.74. The maximum atomic E-state index is 11.1. The first-order chi connectivity index (χ1) is 7.24. The van der Waals surface area contributed by atoms with E-state index in [9.17, 15) is 4.79 Å². The van der Waals surface area contributed by atoms with Crippen LogP contribution < -0.4 is 10.4 Å². The summed E-state index contributed by atoms with van der Waals surface area (Å²) in [7, 11) is 1.55. The summed E-state index contributed by atoms with van der Waals surface area (Å²) < 4.78 is 10.0. The monoisotopic (exact) mass is 206 g/mol. The molecule has 1 aromatic carbocycles. The van der Waals surface area contributed by atoms with E-state index in [1.165, 1.54) is 6.07 Å². The fourth-order valence-corrected chi connectivity index (χ4v) is 1.46. The van der Waals surface area contributed by atoms with Gasteiger partial charge < -0.3 is 14.3 Å². The molecule has 0 aliphatic rings. The average molecular weight is 206 g/mol. The van der Waals surface area contributed by atoms with E-state index in [1.54, 1.807) is 25.3 Å². The fourth-order valence-electron chi connectivity index (χ4n) is 1.46. The van der Waals surface area contributed by atoms with Crippen molar-refractivity contribution in [2.24, 2.45) is 0 Å². The molecule has 0 aliphatic carbocycles. The molecule has 0 amide bonds. The minimum absolute atomic E-state index is 0.199. The topological polar surface area (TPSA) is 59.7 Å². The van der Waals surface area contributed by atoms with Crippen molar-refractivity contribution < 1.29 is 14.3 Å².